The SMILES string of the molecule is C(=C\c1ccc(/C=C/c2ccc3ccccc3c2)cc1)/c1ccccc1. The van der Waals surface area contributed by atoms with Crippen molar-refractivity contribution in [2.24, 2.45) is 0 Å². The molecule has 0 radical (unpaired) electrons. The fourth-order valence-electron chi connectivity index (χ4n) is 2.98. The summed E-state index contributed by atoms with van der Waals surface area (Å²) < 4.78 is 0. The molecule has 0 saturated carbocycles. The van der Waals surface area contributed by atoms with Gasteiger partial charge in [0.15, 0.2) is 0 Å². The molecule has 4 rings (SSSR count). The molecule has 0 heteroatoms. The summed E-state index contributed by atoms with van der Waals surface area (Å²) >= 11 is 0. The van der Waals surface area contributed by atoms with Gasteiger partial charge in [-0.05, 0) is 39.1 Å². The molecule has 0 bridgehead atoms. The summed E-state index contributed by atoms with van der Waals surface area (Å²) in [6.07, 6.45) is 8.61. The van der Waals surface area contributed by atoms with Crippen LogP contribution in [0.5, 0.6) is 0 Å². The summed E-state index contributed by atoms with van der Waals surface area (Å²) in [4.78, 5) is 0. The van der Waals surface area contributed by atoms with Crippen LogP contribution in [0.15, 0.2) is 97.1 Å². The van der Waals surface area contributed by atoms with E-state index in [9.17, 15) is 0 Å². The van der Waals surface area contributed by atoms with Gasteiger partial charge in [-0.1, -0.05) is 115 Å². The summed E-state index contributed by atoms with van der Waals surface area (Å²) in [6, 6.07) is 34.0. The average molecular weight is 332 g/mol. The van der Waals surface area contributed by atoms with E-state index >= 15 is 0 Å². The van der Waals surface area contributed by atoms with E-state index in [1.54, 1.807) is 0 Å². The fourth-order valence-corrected chi connectivity index (χ4v) is 2.98. The van der Waals surface area contributed by atoms with Gasteiger partial charge in [-0.25, -0.2) is 0 Å². The van der Waals surface area contributed by atoms with Crippen LogP contribution in [0.4, 0.5) is 0 Å². The van der Waals surface area contributed by atoms with Crippen LogP contribution < -0.4 is 0 Å². The van der Waals surface area contributed by atoms with Crippen molar-refractivity contribution in [2.45, 2.75) is 0 Å². The van der Waals surface area contributed by atoms with Gasteiger partial charge < -0.3 is 0 Å². The highest BCUT2D eigenvalue weighted by molar-refractivity contribution is 5.86. The lowest BCUT2D eigenvalue weighted by Crippen LogP contribution is -1.77. The number of benzene rings is 4. The van der Waals surface area contributed by atoms with Crippen LogP contribution in [0, 0.1) is 0 Å². The van der Waals surface area contributed by atoms with Crippen LogP contribution in [0.3, 0.4) is 0 Å². The lowest BCUT2D eigenvalue weighted by molar-refractivity contribution is 1.62. The van der Waals surface area contributed by atoms with E-state index in [2.05, 4.69) is 115 Å². The first-order chi connectivity index (χ1) is 12.9. The first kappa shape index (κ1) is 16.1. The monoisotopic (exact) mass is 332 g/mol. The third kappa shape index (κ3) is 3.99. The summed E-state index contributed by atoms with van der Waals surface area (Å²) in [5, 5.41) is 2.55. The molecule has 0 heterocycles. The van der Waals surface area contributed by atoms with Crippen LogP contribution >= 0.6 is 0 Å². The number of fused-ring (bicyclic) bond motifs is 1. The van der Waals surface area contributed by atoms with Gasteiger partial charge in [-0.15, -0.1) is 0 Å². The molecule has 0 atom stereocenters. The maximum Gasteiger partial charge on any atom is -0.0178 e. The molecule has 0 amide bonds. The van der Waals surface area contributed by atoms with Crippen LogP contribution in [-0.2, 0) is 0 Å². The summed E-state index contributed by atoms with van der Waals surface area (Å²) in [6.45, 7) is 0. The standard InChI is InChI=1S/C26H20/c1-2-6-21(7-3-1)10-11-22-12-14-23(15-13-22)16-17-24-18-19-25-8-4-5-9-26(25)20-24/h1-20H/b11-10+,17-16+. The lowest BCUT2D eigenvalue weighted by atomic mass is 10.1. The second kappa shape index (κ2) is 7.67. The Hall–Kier alpha value is -3.38. The third-order valence-electron chi connectivity index (χ3n) is 4.45. The van der Waals surface area contributed by atoms with Crippen molar-refractivity contribution < 1.29 is 0 Å². The number of hydrogen-bond donors (Lipinski definition) is 0. The first-order valence-electron chi connectivity index (χ1n) is 8.87. The first-order valence-corrected chi connectivity index (χ1v) is 8.87. The molecule has 0 nitrogen and oxygen atoms in total. The van der Waals surface area contributed by atoms with Crippen molar-refractivity contribution in [3.63, 3.8) is 0 Å². The van der Waals surface area contributed by atoms with E-state index in [1.807, 2.05) is 6.07 Å². The smallest absolute Gasteiger partial charge is 0.0178 e. The minimum Gasteiger partial charge on any atom is -0.0622 e. The summed E-state index contributed by atoms with van der Waals surface area (Å²) in [7, 11) is 0. The summed E-state index contributed by atoms with van der Waals surface area (Å²) in [5.41, 5.74) is 4.84. The zero-order chi connectivity index (χ0) is 17.6. The van der Waals surface area contributed by atoms with Crippen LogP contribution in [0.25, 0.3) is 35.1 Å². The molecule has 26 heavy (non-hydrogen) atoms. The Morgan fingerprint density at radius 3 is 1.46 bits per heavy atom. The van der Waals surface area contributed by atoms with Gasteiger partial charge in [-0.3, -0.25) is 0 Å². The third-order valence-corrected chi connectivity index (χ3v) is 4.45. The van der Waals surface area contributed by atoms with Gasteiger partial charge in [0.1, 0.15) is 0 Å². The molecule has 0 aliphatic rings. The minimum absolute atomic E-state index is 1.20. The van der Waals surface area contributed by atoms with E-state index in [0.717, 1.165) is 0 Å². The molecule has 0 aliphatic heterocycles. The molecule has 0 fully saturated rings. The van der Waals surface area contributed by atoms with Gasteiger partial charge >= 0.3 is 0 Å². The molecule has 4 aromatic carbocycles. The molecule has 0 saturated heterocycles. The van der Waals surface area contributed by atoms with E-state index < -0.39 is 0 Å². The van der Waals surface area contributed by atoms with Gasteiger partial charge in [0, 0.05) is 0 Å². The van der Waals surface area contributed by atoms with Crippen molar-refractivity contribution in [3.8, 4) is 0 Å². The molecular formula is C26H20. The largest absolute Gasteiger partial charge is 0.0622 e. The van der Waals surface area contributed by atoms with Gasteiger partial charge in [0.05, 0.1) is 0 Å². The maximum absolute atomic E-state index is 2.23. The Morgan fingerprint density at radius 2 is 0.808 bits per heavy atom. The fraction of sp³-hybridized carbons (Fsp3) is 0. The van der Waals surface area contributed by atoms with Crippen LogP contribution in [-0.4, -0.2) is 0 Å². The molecular weight excluding hydrogens is 312 g/mol. The Morgan fingerprint density at radius 1 is 0.346 bits per heavy atom. The van der Waals surface area contributed by atoms with Crippen molar-refractivity contribution >= 4 is 35.1 Å². The number of hydrogen-bond acceptors (Lipinski definition) is 0. The second-order valence-corrected chi connectivity index (χ2v) is 6.35. The average Bonchev–Trinajstić information content (AvgIpc) is 2.72. The molecule has 0 aliphatic carbocycles. The predicted molar refractivity (Wildman–Crippen MR) is 115 cm³/mol. The van der Waals surface area contributed by atoms with Crippen LogP contribution in [0.1, 0.15) is 22.3 Å². The number of rotatable bonds is 4. The lowest BCUT2D eigenvalue weighted by Gasteiger charge is -2.00. The van der Waals surface area contributed by atoms with Gasteiger partial charge in [0.2, 0.25) is 0 Å². The zero-order valence-electron chi connectivity index (χ0n) is 14.5. The van der Waals surface area contributed by atoms with E-state index in [1.165, 1.54) is 33.0 Å². The highest BCUT2D eigenvalue weighted by Crippen LogP contribution is 2.18. The maximum atomic E-state index is 2.23. The highest BCUT2D eigenvalue weighted by Gasteiger charge is 1.94. The van der Waals surface area contributed by atoms with E-state index in [4.69, 9.17) is 0 Å². The molecule has 124 valence electrons. The molecule has 0 aromatic heterocycles. The van der Waals surface area contributed by atoms with Gasteiger partial charge in [0.25, 0.3) is 0 Å². The predicted octanol–water partition coefficient (Wildman–Crippen LogP) is 7.18. The van der Waals surface area contributed by atoms with E-state index in [-0.39, 0.29) is 0 Å². The molecule has 0 unspecified atom stereocenters. The Balaban J connectivity index is 1.48. The summed E-state index contributed by atoms with van der Waals surface area (Å²) in [5.74, 6) is 0. The van der Waals surface area contributed by atoms with Crippen molar-refractivity contribution in [1.29, 1.82) is 0 Å². The highest BCUT2D eigenvalue weighted by atomic mass is 14.0. The Labute approximate surface area is 154 Å². The normalized spacial score (nSPS) is 11.5. The van der Waals surface area contributed by atoms with Crippen molar-refractivity contribution in [1.82, 2.24) is 0 Å². The molecule has 0 N–H and O–H groups in total. The van der Waals surface area contributed by atoms with Crippen LogP contribution in [0.2, 0.25) is 0 Å². The zero-order valence-corrected chi connectivity index (χ0v) is 14.5. The van der Waals surface area contributed by atoms with Crippen molar-refractivity contribution in [2.75, 3.05) is 0 Å². The quantitative estimate of drug-likeness (QED) is 0.347. The molecule has 0 spiro atoms. The topological polar surface area (TPSA) is 0 Å². The van der Waals surface area contributed by atoms with Crippen molar-refractivity contribution in [3.05, 3.63) is 119 Å². The Kier molecular flexibility index (Phi) is 4.75. The molecule has 4 aromatic rings. The minimum atomic E-state index is 1.20. The Bertz CT molecular complexity index is 1050. The second-order valence-electron chi connectivity index (χ2n) is 6.35. The van der Waals surface area contributed by atoms with Gasteiger partial charge in [-0.2, -0.15) is 0 Å². The van der Waals surface area contributed by atoms with E-state index in [0.29, 0.717) is 0 Å².